The molecule has 1 amide bonds. The number of benzene rings is 1. The van der Waals surface area contributed by atoms with Crippen molar-refractivity contribution in [3.8, 4) is 11.3 Å². The number of carbonyl (C=O) groups excluding carboxylic acids is 1. The largest absolute Gasteiger partial charge is 0.384 e. The smallest absolute Gasteiger partial charge is 0.253 e. The summed E-state index contributed by atoms with van der Waals surface area (Å²) in [4.78, 5) is 24.3. The van der Waals surface area contributed by atoms with Crippen LogP contribution >= 0.6 is 0 Å². The minimum Gasteiger partial charge on any atom is -0.384 e. The van der Waals surface area contributed by atoms with Crippen LogP contribution in [0.15, 0.2) is 42.6 Å². The van der Waals surface area contributed by atoms with E-state index in [1.165, 1.54) is 4.90 Å². The number of anilines is 1. The molecule has 0 saturated carbocycles. The van der Waals surface area contributed by atoms with Gasteiger partial charge in [-0.05, 0) is 49.1 Å². The number of likely N-dealkylation sites (tertiary alicyclic amines) is 1. The zero-order chi connectivity index (χ0) is 28.0. The Hall–Kier alpha value is -3.48. The molecule has 1 aromatic carbocycles. The van der Waals surface area contributed by atoms with E-state index in [1.54, 1.807) is 29.0 Å². The lowest BCUT2D eigenvalue weighted by molar-refractivity contribution is -0.154. The highest BCUT2D eigenvalue weighted by Gasteiger charge is 2.52. The maximum Gasteiger partial charge on any atom is 0.253 e. The normalized spacial score (nSPS) is 26.2. The van der Waals surface area contributed by atoms with Crippen LogP contribution < -0.4 is 11.1 Å². The maximum absolute atomic E-state index is 14.9. The van der Waals surface area contributed by atoms with Crippen molar-refractivity contribution in [2.75, 3.05) is 32.0 Å². The molecular weight excluding hydrogens is 525 g/mol. The van der Waals surface area contributed by atoms with Gasteiger partial charge in [-0.1, -0.05) is 6.07 Å². The zero-order valence-electron chi connectivity index (χ0n) is 21.7. The Bertz CT molecular complexity index is 1400. The number of alkyl halides is 1. The molecule has 12 heteroatoms. The van der Waals surface area contributed by atoms with Crippen molar-refractivity contribution < 1.29 is 27.8 Å². The highest BCUT2D eigenvalue weighted by Crippen LogP contribution is 2.41. The van der Waals surface area contributed by atoms with E-state index in [-0.39, 0.29) is 36.8 Å². The van der Waals surface area contributed by atoms with Crippen LogP contribution in [0.4, 0.5) is 19.0 Å². The first-order chi connectivity index (χ1) is 19.3. The third-order valence-electron chi connectivity index (χ3n) is 8.24. The van der Waals surface area contributed by atoms with Gasteiger partial charge >= 0.3 is 0 Å². The van der Waals surface area contributed by atoms with Gasteiger partial charge in [-0.25, -0.2) is 23.1 Å². The maximum atomic E-state index is 14.9. The molecule has 5 heterocycles. The molecule has 40 heavy (non-hydrogen) atoms. The molecule has 3 aliphatic heterocycles. The van der Waals surface area contributed by atoms with Gasteiger partial charge in [-0.2, -0.15) is 0 Å². The van der Waals surface area contributed by atoms with Gasteiger partial charge in [0.15, 0.2) is 0 Å². The van der Waals surface area contributed by atoms with E-state index in [9.17, 15) is 23.1 Å². The van der Waals surface area contributed by atoms with E-state index in [4.69, 9.17) is 15.5 Å². The average molecular weight is 557 g/mol. The Kier molecular flexibility index (Phi) is 7.24. The van der Waals surface area contributed by atoms with Crippen LogP contribution in [-0.4, -0.2) is 75.1 Å². The van der Waals surface area contributed by atoms with Gasteiger partial charge in [0, 0.05) is 50.0 Å². The number of nitrogen functional groups attached to an aromatic ring is 1. The summed E-state index contributed by atoms with van der Waals surface area (Å²) < 4.78 is 51.3. The molecular formula is C28H31F3N6O3. The summed E-state index contributed by atoms with van der Waals surface area (Å²) in [6, 6.07) is 7.01. The first-order valence-electron chi connectivity index (χ1n) is 13.5. The second kappa shape index (κ2) is 10.8. The predicted octanol–water partition coefficient (Wildman–Crippen LogP) is 2.45. The average Bonchev–Trinajstić information content (AvgIpc) is 3.52. The van der Waals surface area contributed by atoms with E-state index in [2.05, 4.69) is 10.3 Å². The Balaban J connectivity index is 1.48. The predicted molar refractivity (Wildman–Crippen MR) is 140 cm³/mol. The van der Waals surface area contributed by atoms with Gasteiger partial charge in [0.1, 0.15) is 35.6 Å². The first-order valence-corrected chi connectivity index (χ1v) is 13.5. The number of nitrogens with one attached hydrogen (secondary N) is 1. The van der Waals surface area contributed by atoms with Crippen molar-refractivity contribution in [1.29, 1.82) is 0 Å². The number of piperidine rings is 1. The number of aromatic nitrogens is 3. The summed E-state index contributed by atoms with van der Waals surface area (Å²) in [5.41, 5.74) is 6.67. The SMILES string of the molecule is Nc1cccc(Cn2cc(-c3cc(F)ccc3F)nc2[C@@H](C2CCOCC2)N2C[C@@H]3C(NC[C@@H]3F)[C@H](O)C2=O)n1. The van der Waals surface area contributed by atoms with Crippen molar-refractivity contribution in [3.63, 3.8) is 0 Å². The molecule has 3 fully saturated rings. The summed E-state index contributed by atoms with van der Waals surface area (Å²) in [7, 11) is 0. The molecule has 6 rings (SSSR count). The molecule has 0 bridgehead atoms. The number of amides is 1. The van der Waals surface area contributed by atoms with E-state index in [0.717, 1.165) is 18.2 Å². The van der Waals surface area contributed by atoms with Crippen LogP contribution in [0.3, 0.4) is 0 Å². The molecule has 0 spiro atoms. The fraction of sp³-hybridized carbons (Fsp3) is 0.464. The van der Waals surface area contributed by atoms with Crippen LogP contribution in [0.25, 0.3) is 11.3 Å². The topological polar surface area (TPSA) is 119 Å². The van der Waals surface area contributed by atoms with Crippen LogP contribution in [0, 0.1) is 23.5 Å². The number of hydrogen-bond acceptors (Lipinski definition) is 7. The fourth-order valence-corrected chi connectivity index (χ4v) is 6.25. The quantitative estimate of drug-likeness (QED) is 0.427. The van der Waals surface area contributed by atoms with E-state index in [1.807, 2.05) is 0 Å². The highest BCUT2D eigenvalue weighted by atomic mass is 19.1. The van der Waals surface area contributed by atoms with Gasteiger partial charge in [-0.15, -0.1) is 0 Å². The Morgan fingerprint density at radius 1 is 1.18 bits per heavy atom. The van der Waals surface area contributed by atoms with Crippen LogP contribution in [-0.2, 0) is 16.1 Å². The molecule has 3 aromatic rings. The molecule has 9 nitrogen and oxygen atoms in total. The van der Waals surface area contributed by atoms with Gasteiger partial charge in [0.2, 0.25) is 0 Å². The number of pyridine rings is 1. The van der Waals surface area contributed by atoms with Gasteiger partial charge in [0.25, 0.3) is 5.91 Å². The summed E-state index contributed by atoms with van der Waals surface area (Å²) in [6.45, 7) is 1.27. The number of ether oxygens (including phenoxy) is 1. The van der Waals surface area contributed by atoms with Crippen LogP contribution in [0.1, 0.15) is 30.4 Å². The molecule has 0 radical (unpaired) electrons. The number of rotatable bonds is 6. The third kappa shape index (κ3) is 4.95. The number of halogens is 3. The lowest BCUT2D eigenvalue weighted by atomic mass is 9.84. The fourth-order valence-electron chi connectivity index (χ4n) is 6.25. The van der Waals surface area contributed by atoms with Crippen LogP contribution in [0.5, 0.6) is 0 Å². The van der Waals surface area contributed by atoms with Crippen molar-refractivity contribution in [2.45, 2.75) is 43.7 Å². The lowest BCUT2D eigenvalue weighted by Gasteiger charge is -2.45. The molecule has 3 saturated heterocycles. The van der Waals surface area contributed by atoms with Gasteiger partial charge in [-0.3, -0.25) is 4.79 Å². The number of nitrogens with zero attached hydrogens (tertiary/aromatic N) is 4. The molecule has 1 unspecified atom stereocenters. The molecule has 4 N–H and O–H groups in total. The number of aliphatic hydroxyl groups is 1. The second-order valence-electron chi connectivity index (χ2n) is 10.7. The molecule has 0 aliphatic carbocycles. The number of nitrogens with two attached hydrogens (primary N) is 1. The number of carbonyl (C=O) groups is 1. The molecule has 5 atom stereocenters. The summed E-state index contributed by atoms with van der Waals surface area (Å²) in [5.74, 6) is -1.77. The minimum absolute atomic E-state index is 0.0276. The van der Waals surface area contributed by atoms with E-state index >= 15 is 0 Å². The van der Waals surface area contributed by atoms with Gasteiger partial charge < -0.3 is 30.4 Å². The van der Waals surface area contributed by atoms with Crippen molar-refractivity contribution in [2.24, 2.45) is 11.8 Å². The number of fused-ring (bicyclic) bond motifs is 1. The second-order valence-corrected chi connectivity index (χ2v) is 10.7. The van der Waals surface area contributed by atoms with Crippen molar-refractivity contribution in [1.82, 2.24) is 24.8 Å². The zero-order valence-corrected chi connectivity index (χ0v) is 21.7. The number of aliphatic hydroxyl groups excluding tert-OH is 1. The first kappa shape index (κ1) is 26.7. The van der Waals surface area contributed by atoms with Crippen LogP contribution in [0.2, 0.25) is 0 Å². The number of imidazole rings is 1. The lowest BCUT2D eigenvalue weighted by Crippen LogP contribution is -2.60. The van der Waals surface area contributed by atoms with E-state index in [0.29, 0.717) is 43.4 Å². The standard InChI is InChI=1S/C28H31F3N6O3/c29-16-4-5-20(30)18(10-16)22-14-36(12-17-2-1-3-23(32)34-17)27(35-22)25(15-6-8-40-9-7-15)37-13-19-21(31)11-33-24(19)26(38)28(37)39/h1-5,10,14-15,19,21,24-26,33,38H,6-9,11-13H2,(H2,32,34)/t19-,21-,24?,25+,26-/m0/s1. The Morgan fingerprint density at radius 2 is 1.98 bits per heavy atom. The summed E-state index contributed by atoms with van der Waals surface area (Å²) in [5, 5.41) is 13.9. The monoisotopic (exact) mass is 556 g/mol. The van der Waals surface area contributed by atoms with Crippen molar-refractivity contribution in [3.05, 3.63) is 65.7 Å². The van der Waals surface area contributed by atoms with Crippen molar-refractivity contribution >= 4 is 11.7 Å². The Labute approximate surface area is 229 Å². The highest BCUT2D eigenvalue weighted by molar-refractivity contribution is 5.83. The van der Waals surface area contributed by atoms with E-state index < -0.39 is 47.8 Å². The molecule has 3 aliphatic rings. The minimum atomic E-state index is -1.42. The molecule has 2 aromatic heterocycles. The Morgan fingerprint density at radius 3 is 2.75 bits per heavy atom. The van der Waals surface area contributed by atoms with Gasteiger partial charge in [0.05, 0.1) is 24.0 Å². The summed E-state index contributed by atoms with van der Waals surface area (Å²) in [6.07, 6.45) is 0.166. The number of hydrogen-bond donors (Lipinski definition) is 3. The molecule has 212 valence electrons. The summed E-state index contributed by atoms with van der Waals surface area (Å²) >= 11 is 0. The third-order valence-corrected chi connectivity index (χ3v) is 8.24.